The van der Waals surface area contributed by atoms with Crippen molar-refractivity contribution in [3.8, 4) is 22.7 Å². The summed E-state index contributed by atoms with van der Waals surface area (Å²) in [5, 5.41) is 0.237. The number of imidazole rings is 1. The van der Waals surface area contributed by atoms with Crippen molar-refractivity contribution in [2.45, 2.75) is 19.8 Å². The smallest absolute Gasteiger partial charge is 0.408 e. The molecule has 7 nitrogen and oxygen atoms in total. The molecule has 0 aliphatic rings. The van der Waals surface area contributed by atoms with Crippen LogP contribution in [0.15, 0.2) is 85.1 Å². The number of hydrogen-bond donors (Lipinski definition) is 1. The van der Waals surface area contributed by atoms with E-state index >= 15 is 0 Å². The summed E-state index contributed by atoms with van der Waals surface area (Å²) in [6.07, 6.45) is 2.21. The topological polar surface area (TPSA) is 84.7 Å². The molecule has 3 aromatic carbocycles. The second kappa shape index (κ2) is 11.3. The predicted molar refractivity (Wildman–Crippen MR) is 137 cm³/mol. The molecule has 1 heterocycles. The molecule has 0 aliphatic carbocycles. The summed E-state index contributed by atoms with van der Waals surface area (Å²) in [5.41, 5.74) is 3.82. The molecule has 4 rings (SSSR count). The van der Waals surface area contributed by atoms with Gasteiger partial charge in [0.15, 0.2) is 5.75 Å². The van der Waals surface area contributed by atoms with E-state index in [4.69, 9.17) is 21.3 Å². The minimum absolute atomic E-state index is 0.00478. The van der Waals surface area contributed by atoms with Gasteiger partial charge in [-0.25, -0.2) is 18.3 Å². The van der Waals surface area contributed by atoms with Gasteiger partial charge in [-0.05, 0) is 36.2 Å². The van der Waals surface area contributed by atoms with Gasteiger partial charge in [0.2, 0.25) is 0 Å². The van der Waals surface area contributed by atoms with E-state index in [1.54, 1.807) is 18.2 Å². The minimum Gasteiger partial charge on any atom is -0.408 e. The second-order valence-corrected chi connectivity index (χ2v) is 8.99. The molecule has 0 radical (unpaired) electrons. The lowest BCUT2D eigenvalue weighted by Crippen LogP contribution is -2.36. The molecule has 0 saturated carbocycles. The SMILES string of the molecule is CCc1nc(-c2ccccc2)cn1-c1ccc(CCN(C(=O)Oc2ccccc2Cl)S(=O)O)cc1. The van der Waals surface area contributed by atoms with Gasteiger partial charge < -0.3 is 9.30 Å². The van der Waals surface area contributed by atoms with Crippen LogP contribution in [0.5, 0.6) is 5.75 Å². The van der Waals surface area contributed by atoms with E-state index in [0.717, 1.165) is 39.1 Å². The van der Waals surface area contributed by atoms with Crippen LogP contribution in [0.2, 0.25) is 5.02 Å². The molecule has 180 valence electrons. The van der Waals surface area contributed by atoms with Crippen LogP contribution in [-0.2, 0) is 24.1 Å². The molecular weight excluding hydrogens is 486 g/mol. The van der Waals surface area contributed by atoms with E-state index in [-0.39, 0.29) is 17.3 Å². The van der Waals surface area contributed by atoms with Crippen molar-refractivity contribution in [3.63, 3.8) is 0 Å². The fourth-order valence-corrected chi connectivity index (χ4v) is 4.19. The number of halogens is 1. The number of amides is 1. The first-order chi connectivity index (χ1) is 17.0. The van der Waals surface area contributed by atoms with Gasteiger partial charge >= 0.3 is 6.09 Å². The van der Waals surface area contributed by atoms with Gasteiger partial charge in [0.1, 0.15) is 5.82 Å². The molecule has 0 spiro atoms. The monoisotopic (exact) mass is 509 g/mol. The lowest BCUT2D eigenvalue weighted by molar-refractivity contribution is 0.178. The van der Waals surface area contributed by atoms with Crippen LogP contribution in [0.4, 0.5) is 4.79 Å². The Morgan fingerprint density at radius 2 is 1.74 bits per heavy atom. The van der Waals surface area contributed by atoms with E-state index in [2.05, 4.69) is 11.5 Å². The molecule has 0 bridgehead atoms. The molecule has 0 saturated heterocycles. The highest BCUT2D eigenvalue weighted by Gasteiger charge is 2.22. The predicted octanol–water partition coefficient (Wildman–Crippen LogP) is 5.94. The molecule has 1 unspecified atom stereocenters. The molecule has 1 aromatic heterocycles. The van der Waals surface area contributed by atoms with Crippen molar-refractivity contribution >= 4 is 29.0 Å². The number of nitrogens with zero attached hydrogens (tertiary/aromatic N) is 3. The Kier molecular flexibility index (Phi) is 7.97. The van der Waals surface area contributed by atoms with Crippen LogP contribution in [0, 0.1) is 0 Å². The Hall–Kier alpha value is -3.46. The highest BCUT2D eigenvalue weighted by Crippen LogP contribution is 2.24. The number of para-hydroxylation sites is 1. The molecule has 1 N–H and O–H groups in total. The first-order valence-electron chi connectivity index (χ1n) is 11.0. The second-order valence-electron chi connectivity index (χ2n) is 7.68. The first-order valence-corrected chi connectivity index (χ1v) is 12.5. The molecule has 35 heavy (non-hydrogen) atoms. The normalized spacial score (nSPS) is 11.7. The van der Waals surface area contributed by atoms with Gasteiger partial charge in [0, 0.05) is 30.4 Å². The standard InChI is InChI=1S/C26H24ClN3O4S/c1-2-25-28-23(20-8-4-3-5-9-20)18-29(25)21-14-12-19(13-15-21)16-17-30(35(32)33)26(31)34-24-11-7-6-10-22(24)27/h3-15,18H,2,16-17H2,1H3,(H,32,33). The lowest BCUT2D eigenvalue weighted by atomic mass is 10.1. The van der Waals surface area contributed by atoms with Crippen molar-refractivity contribution in [2.75, 3.05) is 6.54 Å². The Morgan fingerprint density at radius 3 is 2.40 bits per heavy atom. The molecule has 9 heteroatoms. The van der Waals surface area contributed by atoms with Gasteiger partial charge in [-0.1, -0.05) is 73.1 Å². The van der Waals surface area contributed by atoms with Crippen LogP contribution in [0.1, 0.15) is 18.3 Å². The number of ether oxygens (including phenoxy) is 1. The summed E-state index contributed by atoms with van der Waals surface area (Å²) in [6.45, 7) is 2.06. The molecule has 0 fully saturated rings. The molecule has 4 aromatic rings. The van der Waals surface area contributed by atoms with Crippen LogP contribution in [0.25, 0.3) is 16.9 Å². The zero-order valence-electron chi connectivity index (χ0n) is 19.0. The minimum atomic E-state index is -2.54. The number of rotatable bonds is 8. The largest absolute Gasteiger partial charge is 0.429 e. The van der Waals surface area contributed by atoms with Gasteiger partial charge in [0.25, 0.3) is 11.3 Å². The third-order valence-corrected chi connectivity index (χ3v) is 6.43. The van der Waals surface area contributed by atoms with E-state index in [1.165, 1.54) is 6.07 Å². The average Bonchev–Trinajstić information content (AvgIpc) is 3.31. The summed E-state index contributed by atoms with van der Waals surface area (Å²) < 4.78 is 29.4. The average molecular weight is 510 g/mol. The third kappa shape index (κ3) is 5.97. The fourth-order valence-electron chi connectivity index (χ4n) is 3.60. The number of aryl methyl sites for hydroxylation is 1. The quantitative estimate of drug-likeness (QED) is 0.297. The Balaban J connectivity index is 1.45. The number of carbonyl (C=O) groups is 1. The van der Waals surface area contributed by atoms with E-state index < -0.39 is 17.4 Å². The van der Waals surface area contributed by atoms with Gasteiger partial charge in [-0.3, -0.25) is 4.55 Å². The maximum Gasteiger partial charge on any atom is 0.429 e. The van der Waals surface area contributed by atoms with E-state index in [9.17, 15) is 13.6 Å². The van der Waals surface area contributed by atoms with Crippen molar-refractivity contribution in [3.05, 3.63) is 101 Å². The van der Waals surface area contributed by atoms with Gasteiger partial charge in [-0.2, -0.15) is 0 Å². The molecule has 1 atom stereocenters. The zero-order valence-corrected chi connectivity index (χ0v) is 20.6. The fraction of sp³-hybridized carbons (Fsp3) is 0.154. The van der Waals surface area contributed by atoms with Crippen LogP contribution < -0.4 is 4.74 Å². The van der Waals surface area contributed by atoms with Gasteiger partial charge in [-0.15, -0.1) is 0 Å². The van der Waals surface area contributed by atoms with E-state index in [1.807, 2.05) is 60.8 Å². The van der Waals surface area contributed by atoms with Gasteiger partial charge in [0.05, 0.1) is 10.7 Å². The number of carbonyl (C=O) groups excluding carboxylic acids is 1. The highest BCUT2D eigenvalue weighted by molar-refractivity contribution is 7.77. The summed E-state index contributed by atoms with van der Waals surface area (Å²) >= 11 is 3.47. The van der Waals surface area contributed by atoms with Crippen molar-refractivity contribution in [1.82, 2.24) is 13.9 Å². The number of benzene rings is 3. The zero-order chi connectivity index (χ0) is 24.8. The first kappa shape index (κ1) is 24.7. The van der Waals surface area contributed by atoms with Crippen molar-refractivity contribution in [2.24, 2.45) is 0 Å². The summed E-state index contributed by atoms with van der Waals surface area (Å²) in [4.78, 5) is 17.2. The third-order valence-electron chi connectivity index (χ3n) is 5.41. The Labute approximate surface area is 211 Å². The Bertz CT molecular complexity index is 1330. The van der Waals surface area contributed by atoms with E-state index in [0.29, 0.717) is 6.42 Å². The highest BCUT2D eigenvalue weighted by atomic mass is 35.5. The Morgan fingerprint density at radius 1 is 1.06 bits per heavy atom. The maximum absolute atomic E-state index is 12.4. The number of hydrogen-bond acceptors (Lipinski definition) is 4. The number of aromatic nitrogens is 2. The van der Waals surface area contributed by atoms with Crippen molar-refractivity contribution in [1.29, 1.82) is 0 Å². The summed E-state index contributed by atoms with van der Waals surface area (Å²) in [5.74, 6) is 1.07. The molecule has 0 aliphatic heterocycles. The van der Waals surface area contributed by atoms with Crippen molar-refractivity contribution < 1.29 is 18.3 Å². The van der Waals surface area contributed by atoms with Crippen LogP contribution in [-0.4, -0.2) is 35.3 Å². The maximum atomic E-state index is 12.4. The van der Waals surface area contributed by atoms with Crippen LogP contribution >= 0.6 is 11.6 Å². The lowest BCUT2D eigenvalue weighted by Gasteiger charge is -2.18. The summed E-state index contributed by atoms with van der Waals surface area (Å²) in [6, 6.07) is 24.2. The molecule has 1 amide bonds. The summed E-state index contributed by atoms with van der Waals surface area (Å²) in [7, 11) is 0. The molecular formula is C26H24ClN3O4S. The van der Waals surface area contributed by atoms with Crippen LogP contribution in [0.3, 0.4) is 0 Å².